The summed E-state index contributed by atoms with van der Waals surface area (Å²) in [6, 6.07) is 11.7. The lowest BCUT2D eigenvalue weighted by atomic mass is 9.68. The van der Waals surface area contributed by atoms with E-state index in [0.29, 0.717) is 49.0 Å². The molecule has 0 saturated heterocycles. The number of hydrogen-bond donors (Lipinski definition) is 1. The van der Waals surface area contributed by atoms with Crippen LogP contribution < -0.4 is 14.4 Å². The Hall–Kier alpha value is -3.67. The van der Waals surface area contributed by atoms with Crippen LogP contribution in [0.25, 0.3) is 0 Å². The Bertz CT molecular complexity index is 2070. The van der Waals surface area contributed by atoms with Crippen LogP contribution in [0.15, 0.2) is 59.1 Å². The first-order chi connectivity index (χ1) is 25.5. The lowest BCUT2D eigenvalue weighted by Crippen LogP contribution is -2.49. The number of nitrogens with one attached hydrogen (secondary N) is 1. The van der Waals surface area contributed by atoms with Crippen molar-refractivity contribution < 1.29 is 23.3 Å². The van der Waals surface area contributed by atoms with E-state index in [1.54, 1.807) is 17.9 Å². The minimum atomic E-state index is -3.48. The van der Waals surface area contributed by atoms with Gasteiger partial charge < -0.3 is 14.4 Å². The molecule has 7 atom stereocenters. The summed E-state index contributed by atoms with van der Waals surface area (Å²) in [4.78, 5) is 30.3. The van der Waals surface area contributed by atoms with Gasteiger partial charge >= 0.3 is 0 Å². The Balaban J connectivity index is 1.17. The number of halogens is 1. The van der Waals surface area contributed by atoms with E-state index in [9.17, 15) is 13.8 Å². The van der Waals surface area contributed by atoms with Gasteiger partial charge in [0.15, 0.2) is 0 Å². The molecule has 10 nitrogen and oxygen atoms in total. The molecule has 1 fully saturated rings. The number of allylic oxidation sites excluding steroid dienone is 1. The number of aromatic nitrogens is 2. The molecular weight excluding hydrogens is 710 g/mol. The molecule has 3 aromatic rings. The van der Waals surface area contributed by atoms with Crippen LogP contribution in [0.3, 0.4) is 0 Å². The summed E-state index contributed by atoms with van der Waals surface area (Å²) >= 11 is 6.47. The molecule has 2 aliphatic heterocycles. The highest BCUT2D eigenvalue weighted by Gasteiger charge is 2.44. The Kier molecular flexibility index (Phi) is 9.95. The molecule has 1 N–H and O–H groups in total. The number of methoxy groups -OCH3 is 1. The number of benzene rings is 2. The van der Waals surface area contributed by atoms with E-state index >= 15 is 0 Å². The Morgan fingerprint density at radius 1 is 1.13 bits per heavy atom. The maximum Gasteiger partial charge on any atom is 0.286 e. The third-order valence-electron chi connectivity index (χ3n) is 12.5. The minimum Gasteiger partial charge on any atom is -0.490 e. The predicted molar refractivity (Wildman–Crippen MR) is 207 cm³/mol. The molecule has 12 heteroatoms. The van der Waals surface area contributed by atoms with Crippen molar-refractivity contribution in [3.8, 4) is 5.75 Å². The smallest absolute Gasteiger partial charge is 0.286 e. The third-order valence-corrected chi connectivity index (χ3v) is 14.7. The second-order valence-corrected chi connectivity index (χ2v) is 18.5. The molecule has 0 unspecified atom stereocenters. The average molecular weight is 760 g/mol. The van der Waals surface area contributed by atoms with Crippen molar-refractivity contribution in [2.24, 2.45) is 35.1 Å². The van der Waals surface area contributed by atoms with Crippen molar-refractivity contribution in [3.63, 3.8) is 0 Å². The summed E-state index contributed by atoms with van der Waals surface area (Å²) in [6.45, 7) is 4.02. The Labute approximate surface area is 317 Å². The molecule has 1 aromatic heterocycles. The number of anilines is 1. The zero-order valence-corrected chi connectivity index (χ0v) is 32.5. The van der Waals surface area contributed by atoms with Crippen molar-refractivity contribution in [2.75, 3.05) is 37.5 Å². The molecule has 8 rings (SSSR count). The van der Waals surface area contributed by atoms with Crippen molar-refractivity contribution in [1.82, 2.24) is 14.5 Å². The minimum absolute atomic E-state index is 0.0482. The lowest BCUT2D eigenvalue weighted by molar-refractivity contribution is -0.123. The third kappa shape index (κ3) is 7.16. The molecule has 5 aliphatic rings. The number of fused-ring (bicyclic) bond motifs is 5. The number of carbonyl (C=O) groups is 2. The van der Waals surface area contributed by atoms with Crippen molar-refractivity contribution >= 4 is 39.0 Å². The van der Waals surface area contributed by atoms with Crippen LogP contribution in [0.1, 0.15) is 78.2 Å². The topological polar surface area (TPSA) is 115 Å². The largest absolute Gasteiger partial charge is 0.490 e. The van der Waals surface area contributed by atoms with Gasteiger partial charge in [0, 0.05) is 61.3 Å². The van der Waals surface area contributed by atoms with Crippen LogP contribution in [0, 0.1) is 23.7 Å². The van der Waals surface area contributed by atoms with Gasteiger partial charge in [-0.25, -0.2) is 4.21 Å². The Morgan fingerprint density at radius 3 is 2.81 bits per heavy atom. The van der Waals surface area contributed by atoms with Crippen molar-refractivity contribution in [3.05, 3.63) is 87.7 Å². The highest BCUT2D eigenvalue weighted by atomic mass is 35.5. The van der Waals surface area contributed by atoms with E-state index in [4.69, 9.17) is 21.1 Å². The van der Waals surface area contributed by atoms with Gasteiger partial charge in [-0.1, -0.05) is 36.7 Å². The molecule has 1 saturated carbocycles. The van der Waals surface area contributed by atoms with Gasteiger partial charge in [-0.15, -0.1) is 4.36 Å². The standard InChI is InChI=1S/C41H50ClN5O5S/c1-26-6-4-8-37(51-3)33-14-11-31(33)22-47-24-41(17-5-7-27-18-32(42)13-15-34(27)41)25-52-38-16-12-29(20-36(38)47)40(49)45-53(50,23-26)44-39(48)28-9-10-30-21-43-46(2)35(30)19-28/h4,8,12-13,15-16,18,20-21,26,28,31,33,37H,5-7,9-11,14,17,19,22-25H2,1-3H3,(H,44,45,48,49,50)/b8-4+/t26-,28-,31-,33+,37-,41-,53+/m0/s1. The van der Waals surface area contributed by atoms with Crippen molar-refractivity contribution in [1.29, 1.82) is 0 Å². The Morgan fingerprint density at radius 2 is 2.00 bits per heavy atom. The molecule has 1 spiro atoms. The van der Waals surface area contributed by atoms with Crippen LogP contribution in [-0.2, 0) is 51.2 Å². The fraction of sp³-hybridized carbons (Fsp3) is 0.537. The first kappa shape index (κ1) is 36.3. The maximum absolute atomic E-state index is 14.7. The molecule has 3 aliphatic carbocycles. The number of hydrogen-bond acceptors (Lipinski definition) is 7. The fourth-order valence-corrected chi connectivity index (χ4v) is 11.6. The van der Waals surface area contributed by atoms with E-state index < -0.39 is 15.8 Å². The van der Waals surface area contributed by atoms with Crippen LogP contribution in [0.5, 0.6) is 5.75 Å². The number of carbonyl (C=O) groups excluding carboxylic acids is 2. The summed E-state index contributed by atoms with van der Waals surface area (Å²) < 4.78 is 36.5. The quantitative estimate of drug-likeness (QED) is 0.299. The fourth-order valence-electron chi connectivity index (χ4n) is 9.48. The second kappa shape index (κ2) is 14.5. The molecule has 0 radical (unpaired) electrons. The summed E-state index contributed by atoms with van der Waals surface area (Å²) in [5.74, 6) is 0.0544. The number of amides is 2. The predicted octanol–water partition coefficient (Wildman–Crippen LogP) is 6.63. The van der Waals surface area contributed by atoms with E-state index in [0.717, 1.165) is 73.6 Å². The molecule has 2 amide bonds. The highest BCUT2D eigenvalue weighted by Crippen LogP contribution is 2.47. The van der Waals surface area contributed by atoms with Gasteiger partial charge in [0.2, 0.25) is 5.91 Å². The summed E-state index contributed by atoms with van der Waals surface area (Å²) in [7, 11) is 0.169. The van der Waals surface area contributed by atoms with Gasteiger partial charge in [0.1, 0.15) is 15.7 Å². The highest BCUT2D eigenvalue weighted by molar-refractivity contribution is 7.92. The molecule has 282 valence electrons. The maximum atomic E-state index is 14.7. The molecule has 3 heterocycles. The van der Waals surface area contributed by atoms with Gasteiger partial charge in [-0.3, -0.25) is 19.0 Å². The summed E-state index contributed by atoms with van der Waals surface area (Å²) in [5.41, 5.74) is 5.61. The number of ether oxygens (including phenoxy) is 2. The number of rotatable bonds is 3. The lowest BCUT2D eigenvalue weighted by Gasteiger charge is -2.46. The molecular formula is C41H50ClN5O5S. The zero-order chi connectivity index (χ0) is 36.9. The average Bonchev–Trinajstić information content (AvgIpc) is 3.42. The molecule has 53 heavy (non-hydrogen) atoms. The van der Waals surface area contributed by atoms with Crippen LogP contribution in [0.4, 0.5) is 5.69 Å². The second-order valence-electron chi connectivity index (χ2n) is 16.1. The monoisotopic (exact) mass is 759 g/mol. The van der Waals surface area contributed by atoms with Gasteiger partial charge in [-0.2, -0.15) is 5.10 Å². The number of nitrogens with zero attached hydrogens (tertiary/aromatic N) is 4. The first-order valence-electron chi connectivity index (χ1n) is 19.1. The van der Waals surface area contributed by atoms with E-state index in [-0.39, 0.29) is 35.0 Å². The number of aryl methyl sites for hydroxylation is 3. The van der Waals surface area contributed by atoms with Crippen LogP contribution in [-0.4, -0.2) is 64.5 Å². The zero-order valence-electron chi connectivity index (χ0n) is 30.9. The van der Waals surface area contributed by atoms with E-state index in [2.05, 4.69) is 43.4 Å². The summed E-state index contributed by atoms with van der Waals surface area (Å²) in [6.07, 6.45) is 13.7. The van der Waals surface area contributed by atoms with E-state index in [1.807, 2.05) is 38.4 Å². The first-order valence-corrected chi connectivity index (χ1v) is 21.2. The van der Waals surface area contributed by atoms with E-state index in [1.165, 1.54) is 11.1 Å². The van der Waals surface area contributed by atoms with Crippen LogP contribution in [0.2, 0.25) is 5.02 Å². The SMILES string of the molecule is CO[C@H]1/C=C/C[C@H](C)C[S@@](=O)(NC(=O)[C@H]2CCc3cnn(C)c3C2)=NC(=O)c2ccc3c(c2)N(C[C@@H]2CC[C@H]21)C[C@@]1(CCCc2cc(Cl)ccc21)CO3. The van der Waals surface area contributed by atoms with Crippen molar-refractivity contribution in [2.45, 2.75) is 76.2 Å². The molecule has 2 aromatic carbocycles. The normalized spacial score (nSPS) is 31.8. The summed E-state index contributed by atoms with van der Waals surface area (Å²) in [5, 5.41) is 5.11. The van der Waals surface area contributed by atoms with Crippen LogP contribution >= 0.6 is 11.6 Å². The van der Waals surface area contributed by atoms with Gasteiger partial charge in [-0.05, 0) is 116 Å². The van der Waals surface area contributed by atoms with Gasteiger partial charge in [0.25, 0.3) is 5.91 Å². The van der Waals surface area contributed by atoms with Gasteiger partial charge in [0.05, 0.1) is 30.3 Å². The molecule has 2 bridgehead atoms.